The van der Waals surface area contributed by atoms with E-state index in [-0.39, 0.29) is 5.02 Å². The van der Waals surface area contributed by atoms with Gasteiger partial charge >= 0.3 is 29.6 Å². The monoisotopic (exact) mass is 378 g/mol. The van der Waals surface area contributed by atoms with E-state index in [0.717, 1.165) is 25.3 Å². The van der Waals surface area contributed by atoms with Crippen LogP contribution in [0, 0.1) is 0 Å². The molecule has 24 heavy (non-hydrogen) atoms. The van der Waals surface area contributed by atoms with Gasteiger partial charge in [0.1, 0.15) is 5.82 Å². The zero-order valence-corrected chi connectivity index (χ0v) is 12.5. The highest BCUT2D eigenvalue weighted by Crippen LogP contribution is 2.46. The molecule has 0 fully saturated rings. The Hall–Kier alpha value is -2.04. The third-order valence-corrected chi connectivity index (χ3v) is 2.80. The number of pyridine rings is 1. The molecule has 0 bridgehead atoms. The van der Waals surface area contributed by atoms with Crippen LogP contribution in [-0.4, -0.2) is 41.2 Å². The molecular formula is C12H9ClF6N2O3. The molecule has 1 rings (SSSR count). The quantitative estimate of drug-likeness (QED) is 0.610. The fourth-order valence-corrected chi connectivity index (χ4v) is 1.45. The summed E-state index contributed by atoms with van der Waals surface area (Å²) in [5, 5.41) is 1.28. The van der Waals surface area contributed by atoms with Crippen molar-refractivity contribution >= 4 is 29.3 Å². The number of halogens is 7. The highest BCUT2D eigenvalue weighted by molar-refractivity contribution is 6.30. The van der Waals surface area contributed by atoms with Crippen LogP contribution in [0.3, 0.4) is 0 Å². The lowest BCUT2D eigenvalue weighted by atomic mass is 10.0. The smallest absolute Gasteiger partial charge is 0.411 e. The van der Waals surface area contributed by atoms with Gasteiger partial charge in [0.05, 0.1) is 11.6 Å². The van der Waals surface area contributed by atoms with Crippen molar-refractivity contribution in [3.05, 3.63) is 23.4 Å². The van der Waals surface area contributed by atoms with Gasteiger partial charge in [-0.1, -0.05) is 11.6 Å². The van der Waals surface area contributed by atoms with E-state index in [1.165, 1.54) is 5.32 Å². The summed E-state index contributed by atoms with van der Waals surface area (Å²) in [5.41, 5.74) is 0. The fourth-order valence-electron chi connectivity index (χ4n) is 1.33. The summed E-state index contributed by atoms with van der Waals surface area (Å²) >= 11 is 5.44. The first-order valence-corrected chi connectivity index (χ1v) is 6.49. The van der Waals surface area contributed by atoms with Crippen LogP contribution in [0.15, 0.2) is 18.3 Å². The van der Waals surface area contributed by atoms with Crippen molar-refractivity contribution in [2.45, 2.75) is 24.7 Å². The molecule has 0 aromatic carbocycles. The maximum Gasteiger partial charge on any atom is 0.411 e. The van der Waals surface area contributed by atoms with E-state index in [1.807, 2.05) is 0 Å². The summed E-state index contributed by atoms with van der Waals surface area (Å²) in [6.45, 7) is 0.250. The Bertz CT molecular complexity index is 624. The average molecular weight is 379 g/mol. The van der Waals surface area contributed by atoms with Gasteiger partial charge in [0, 0.05) is 6.20 Å². The summed E-state index contributed by atoms with van der Waals surface area (Å²) in [6.07, 6.45) is 0.890. The summed E-state index contributed by atoms with van der Waals surface area (Å²) in [7, 11) is 0. The normalized spacial score (nSPS) is 12.7. The molecule has 0 atom stereocenters. The minimum atomic E-state index is -6.34. The van der Waals surface area contributed by atoms with Crippen LogP contribution in [0.4, 0.5) is 32.2 Å². The SMILES string of the molecule is CCOC(=O)C(F)(F)C(F)(F)C(F)(F)C(=O)Nc1ccc(Cl)cn1. The van der Waals surface area contributed by atoms with E-state index in [2.05, 4.69) is 9.72 Å². The molecule has 1 heterocycles. The molecule has 0 saturated carbocycles. The number of anilines is 1. The van der Waals surface area contributed by atoms with Crippen molar-refractivity contribution in [2.24, 2.45) is 0 Å². The molecule has 1 aromatic heterocycles. The van der Waals surface area contributed by atoms with Crippen molar-refractivity contribution in [1.29, 1.82) is 0 Å². The predicted molar refractivity (Wildman–Crippen MR) is 69.4 cm³/mol. The van der Waals surface area contributed by atoms with E-state index in [1.54, 1.807) is 0 Å². The van der Waals surface area contributed by atoms with Crippen LogP contribution >= 0.6 is 11.6 Å². The van der Waals surface area contributed by atoms with Gasteiger partial charge in [0.15, 0.2) is 0 Å². The number of aromatic nitrogens is 1. The summed E-state index contributed by atoms with van der Waals surface area (Å²) < 4.78 is 84.3. The summed E-state index contributed by atoms with van der Waals surface area (Å²) in [6, 6.07) is 1.95. The Morgan fingerprint density at radius 3 is 2.21 bits per heavy atom. The van der Waals surface area contributed by atoms with Crippen LogP contribution in [0.25, 0.3) is 0 Å². The van der Waals surface area contributed by atoms with Gasteiger partial charge < -0.3 is 10.1 Å². The maximum absolute atomic E-state index is 13.6. The third kappa shape index (κ3) is 3.55. The first kappa shape index (κ1) is 20.0. The average Bonchev–Trinajstić information content (AvgIpc) is 2.49. The molecule has 0 aliphatic rings. The lowest BCUT2D eigenvalue weighted by molar-refractivity contribution is -0.293. The Balaban J connectivity index is 3.08. The number of hydrogen-bond acceptors (Lipinski definition) is 4. The number of nitrogens with zero attached hydrogens (tertiary/aromatic N) is 1. The molecule has 1 aromatic rings. The Labute approximate surface area is 135 Å². The van der Waals surface area contributed by atoms with E-state index < -0.39 is 42.1 Å². The van der Waals surface area contributed by atoms with Gasteiger partial charge in [-0.05, 0) is 19.1 Å². The van der Waals surface area contributed by atoms with Crippen LogP contribution < -0.4 is 5.32 Å². The number of alkyl halides is 6. The van der Waals surface area contributed by atoms with E-state index in [9.17, 15) is 35.9 Å². The Morgan fingerprint density at radius 2 is 1.75 bits per heavy atom. The number of carbonyl (C=O) groups excluding carboxylic acids is 2. The fraction of sp³-hybridized carbons (Fsp3) is 0.417. The number of amides is 1. The summed E-state index contributed by atoms with van der Waals surface area (Å²) in [4.78, 5) is 25.4. The van der Waals surface area contributed by atoms with Crippen LogP contribution in [-0.2, 0) is 14.3 Å². The van der Waals surface area contributed by atoms with Gasteiger partial charge in [0.2, 0.25) is 0 Å². The van der Waals surface area contributed by atoms with Gasteiger partial charge in [-0.3, -0.25) is 4.79 Å². The van der Waals surface area contributed by atoms with Crippen molar-refractivity contribution < 1.29 is 40.7 Å². The van der Waals surface area contributed by atoms with Crippen molar-refractivity contribution in [1.82, 2.24) is 4.98 Å². The Kier molecular flexibility index (Phi) is 5.70. The second-order valence-corrected chi connectivity index (χ2v) is 4.70. The van der Waals surface area contributed by atoms with Gasteiger partial charge in [-0.15, -0.1) is 0 Å². The highest BCUT2D eigenvalue weighted by Gasteiger charge is 2.78. The zero-order valence-electron chi connectivity index (χ0n) is 11.8. The molecule has 0 radical (unpaired) electrons. The standard InChI is InChI=1S/C12H9ClF6N2O3/c1-2-24-9(23)11(16,17)12(18,19)10(14,15)8(22)21-7-4-3-6(13)5-20-7/h3-5H,2H2,1H3,(H,20,21,22). The lowest BCUT2D eigenvalue weighted by Gasteiger charge is -2.30. The number of nitrogens with one attached hydrogen (secondary N) is 1. The number of ether oxygens (including phenoxy) is 1. The molecule has 0 aliphatic heterocycles. The molecule has 1 N–H and O–H groups in total. The maximum atomic E-state index is 13.6. The predicted octanol–water partition coefficient (Wildman–Crippen LogP) is 3.14. The summed E-state index contributed by atoms with van der Waals surface area (Å²) in [5.74, 6) is -24.5. The molecule has 134 valence electrons. The lowest BCUT2D eigenvalue weighted by Crippen LogP contribution is -2.62. The van der Waals surface area contributed by atoms with Crippen molar-refractivity contribution in [3.8, 4) is 0 Å². The molecule has 0 saturated heterocycles. The van der Waals surface area contributed by atoms with E-state index in [0.29, 0.717) is 0 Å². The number of carbonyl (C=O) groups is 2. The van der Waals surface area contributed by atoms with E-state index in [4.69, 9.17) is 11.6 Å². The van der Waals surface area contributed by atoms with E-state index >= 15 is 0 Å². The van der Waals surface area contributed by atoms with Gasteiger partial charge in [-0.25, -0.2) is 9.78 Å². The van der Waals surface area contributed by atoms with Crippen LogP contribution in [0.1, 0.15) is 6.92 Å². The zero-order chi connectivity index (χ0) is 18.8. The number of rotatable bonds is 6. The minimum Gasteiger partial charge on any atom is -0.461 e. The molecule has 0 unspecified atom stereocenters. The van der Waals surface area contributed by atoms with Crippen LogP contribution in [0.2, 0.25) is 5.02 Å². The molecular weight excluding hydrogens is 370 g/mol. The first-order valence-electron chi connectivity index (χ1n) is 6.11. The number of hydrogen-bond donors (Lipinski definition) is 1. The molecule has 0 spiro atoms. The first-order chi connectivity index (χ1) is 10.9. The Morgan fingerprint density at radius 1 is 1.17 bits per heavy atom. The van der Waals surface area contributed by atoms with Gasteiger partial charge in [0.25, 0.3) is 0 Å². The molecule has 12 heteroatoms. The third-order valence-electron chi connectivity index (χ3n) is 2.57. The topological polar surface area (TPSA) is 68.3 Å². The minimum absolute atomic E-state index is 0.0407. The second kappa shape index (κ2) is 6.83. The largest absolute Gasteiger partial charge is 0.461 e. The van der Waals surface area contributed by atoms with Crippen LogP contribution in [0.5, 0.6) is 0 Å². The number of esters is 1. The van der Waals surface area contributed by atoms with Gasteiger partial charge in [-0.2, -0.15) is 26.3 Å². The highest BCUT2D eigenvalue weighted by atomic mass is 35.5. The second-order valence-electron chi connectivity index (χ2n) is 4.26. The molecule has 1 amide bonds. The molecule has 5 nitrogen and oxygen atoms in total. The molecule has 0 aliphatic carbocycles. The van der Waals surface area contributed by atoms with Crippen molar-refractivity contribution in [3.63, 3.8) is 0 Å². The van der Waals surface area contributed by atoms with Crippen molar-refractivity contribution in [2.75, 3.05) is 11.9 Å².